The second-order valence-electron chi connectivity index (χ2n) is 7.54. The molecule has 19 heteroatoms. The van der Waals surface area contributed by atoms with Gasteiger partial charge in [-0.05, 0) is 11.6 Å². The fourth-order valence-electron chi connectivity index (χ4n) is 3.41. The number of halogens is 9. The Labute approximate surface area is 202 Å². The molecular weight excluding hydrogens is 553 g/mol. The molecule has 0 unspecified atom stereocenters. The number of alkyl halides is 9. The van der Waals surface area contributed by atoms with E-state index < -0.39 is 80.1 Å². The van der Waals surface area contributed by atoms with E-state index in [1.807, 2.05) is 0 Å². The molecule has 0 atom stereocenters. The summed E-state index contributed by atoms with van der Waals surface area (Å²) in [6.45, 7) is -3.02. The molecule has 0 saturated heterocycles. The minimum Gasteiger partial charge on any atom is -0.455 e. The highest BCUT2D eigenvalue weighted by Gasteiger charge is 2.82. The maximum absolute atomic E-state index is 13.8. The molecule has 2 aromatic rings. The molecule has 10 nitrogen and oxygen atoms in total. The number of nitrogens with zero attached hydrogens (tertiary/aromatic N) is 3. The number of hydrogen-bond acceptors (Lipinski definition) is 8. The molecule has 0 amide bonds. The van der Waals surface area contributed by atoms with Crippen molar-refractivity contribution in [1.29, 1.82) is 0 Å². The molecule has 2 aromatic carbocycles. The van der Waals surface area contributed by atoms with Gasteiger partial charge in [0.1, 0.15) is 5.71 Å². The number of esters is 1. The van der Waals surface area contributed by atoms with Gasteiger partial charge in [0.15, 0.2) is 6.61 Å². The van der Waals surface area contributed by atoms with Crippen molar-refractivity contribution in [1.82, 2.24) is 0 Å². The van der Waals surface area contributed by atoms with Gasteiger partial charge in [-0.1, -0.05) is 5.16 Å². The van der Waals surface area contributed by atoms with Crippen LogP contribution in [0.1, 0.15) is 21.5 Å². The molecule has 204 valence electrons. The summed E-state index contributed by atoms with van der Waals surface area (Å²) in [6.07, 6.45) is -7.11. The summed E-state index contributed by atoms with van der Waals surface area (Å²) < 4.78 is 122. The van der Waals surface area contributed by atoms with E-state index in [4.69, 9.17) is 0 Å². The number of non-ortho nitro benzene ring substituents is 2. The predicted octanol–water partition coefficient (Wildman–Crippen LogP) is 5.34. The van der Waals surface area contributed by atoms with Gasteiger partial charge in [-0.25, -0.2) is 4.79 Å². The van der Waals surface area contributed by atoms with E-state index in [1.54, 1.807) is 0 Å². The Morgan fingerprint density at radius 3 is 1.89 bits per heavy atom. The molecule has 0 fully saturated rings. The summed E-state index contributed by atoms with van der Waals surface area (Å²) in [6, 6.07) is 3.67. The Hall–Kier alpha value is -4.45. The summed E-state index contributed by atoms with van der Waals surface area (Å²) in [4.78, 5) is 32.8. The lowest BCUT2D eigenvalue weighted by molar-refractivity contribution is -0.398. The van der Waals surface area contributed by atoms with Gasteiger partial charge in [0.05, 0.1) is 15.4 Å². The van der Waals surface area contributed by atoms with Crippen LogP contribution in [0.25, 0.3) is 11.1 Å². The van der Waals surface area contributed by atoms with Gasteiger partial charge in [-0.15, -0.1) is 0 Å². The Morgan fingerprint density at radius 1 is 0.842 bits per heavy atom. The smallest absolute Gasteiger partial charge is 0.455 e. The Kier molecular flexibility index (Phi) is 6.54. The lowest BCUT2D eigenvalue weighted by Crippen LogP contribution is -2.62. The third kappa shape index (κ3) is 4.22. The largest absolute Gasteiger partial charge is 0.460 e. The molecule has 1 aliphatic carbocycles. The van der Waals surface area contributed by atoms with Crippen molar-refractivity contribution in [2.75, 3.05) is 6.61 Å². The molecule has 0 aromatic heterocycles. The Morgan fingerprint density at radius 2 is 1.39 bits per heavy atom. The highest BCUT2D eigenvalue weighted by atomic mass is 19.4. The van der Waals surface area contributed by atoms with Crippen molar-refractivity contribution in [3.8, 4) is 11.1 Å². The normalized spacial score (nSPS) is 14.7. The minimum atomic E-state index is -7.25. The molecule has 0 aliphatic heterocycles. The van der Waals surface area contributed by atoms with Crippen molar-refractivity contribution >= 4 is 23.1 Å². The summed E-state index contributed by atoms with van der Waals surface area (Å²) in [5.74, 6) is -22.7. The van der Waals surface area contributed by atoms with E-state index in [1.165, 1.54) is 0 Å². The van der Waals surface area contributed by atoms with E-state index in [0.717, 1.165) is 18.2 Å². The number of nitro groups is 2. The summed E-state index contributed by atoms with van der Waals surface area (Å²) >= 11 is 0. The predicted molar refractivity (Wildman–Crippen MR) is 104 cm³/mol. The number of carbonyl (C=O) groups excluding carboxylic acids is 1. The number of oxime groups is 1. The molecule has 0 spiro atoms. The van der Waals surface area contributed by atoms with E-state index in [9.17, 15) is 69.7 Å². The molecule has 1 aliphatic rings. The van der Waals surface area contributed by atoms with E-state index in [0.29, 0.717) is 12.1 Å². The quantitative estimate of drug-likeness (QED) is 0.135. The fourth-order valence-corrected chi connectivity index (χ4v) is 3.41. The number of rotatable bonds is 7. The number of ether oxygens (including phenoxy) is 1. The van der Waals surface area contributed by atoms with Crippen LogP contribution in [0.4, 0.5) is 50.9 Å². The molecule has 3 rings (SSSR count). The molecule has 0 heterocycles. The molecule has 0 saturated carbocycles. The summed E-state index contributed by atoms with van der Waals surface area (Å²) in [5.41, 5.74) is -4.74. The van der Waals surface area contributed by atoms with Crippen molar-refractivity contribution in [3.63, 3.8) is 0 Å². The number of hydrogen-bond donors (Lipinski definition) is 1. The SMILES string of the molecule is O=C(OCC(F)(F)C(F)(F)C(F)(F)C(F)(F)F)c1cc([N+](=O)[O-])cc2c1-c1ccc([N+](=O)[O-])cc1/C2=N/O. The minimum absolute atomic E-state index is 0.221. The van der Waals surface area contributed by atoms with Crippen LogP contribution >= 0.6 is 0 Å². The molecular formula is C19H8F9N3O7. The summed E-state index contributed by atoms with van der Waals surface area (Å²) in [5, 5.41) is 34.6. The zero-order valence-electron chi connectivity index (χ0n) is 17.7. The topological polar surface area (TPSA) is 145 Å². The number of fused-ring (bicyclic) bond motifs is 3. The van der Waals surface area contributed by atoms with E-state index in [2.05, 4.69) is 9.89 Å². The zero-order chi connectivity index (χ0) is 29.0. The van der Waals surface area contributed by atoms with Crippen LogP contribution in [0, 0.1) is 20.2 Å². The standard InChI is InChI=1S/C19H8F9N3O7/c20-16(21,17(22,23)18(24,25)19(26,27)28)6-38-15(32)12-5-8(31(36)37)4-11-13(12)9-2-1-7(30(34)35)3-10(9)14(11)29-33/h1-5,33H,6H2/b29-14-. The van der Waals surface area contributed by atoms with E-state index >= 15 is 0 Å². The van der Waals surface area contributed by atoms with Gasteiger partial charge < -0.3 is 9.94 Å². The van der Waals surface area contributed by atoms with Crippen molar-refractivity contribution in [3.05, 3.63) is 67.3 Å². The first-order valence-electron chi connectivity index (χ1n) is 9.50. The summed E-state index contributed by atoms with van der Waals surface area (Å²) in [7, 11) is 0. The number of benzene rings is 2. The Balaban J connectivity index is 2.09. The fraction of sp³-hybridized carbons (Fsp3) is 0.263. The van der Waals surface area contributed by atoms with Gasteiger partial charge in [-0.3, -0.25) is 20.2 Å². The van der Waals surface area contributed by atoms with Crippen LogP contribution in [-0.2, 0) is 4.74 Å². The second kappa shape index (κ2) is 8.84. The lowest BCUT2D eigenvalue weighted by Gasteiger charge is -2.33. The van der Waals surface area contributed by atoms with Crippen LogP contribution in [-0.4, -0.2) is 57.3 Å². The average Bonchev–Trinajstić information content (AvgIpc) is 3.13. The highest BCUT2D eigenvalue weighted by molar-refractivity contribution is 6.27. The van der Waals surface area contributed by atoms with Gasteiger partial charge in [0.2, 0.25) is 0 Å². The maximum atomic E-state index is 13.8. The van der Waals surface area contributed by atoms with Gasteiger partial charge in [0.25, 0.3) is 11.4 Å². The average molecular weight is 561 g/mol. The van der Waals surface area contributed by atoms with E-state index in [-0.39, 0.29) is 11.1 Å². The first-order chi connectivity index (χ1) is 17.3. The van der Waals surface area contributed by atoms with Crippen molar-refractivity contribution in [2.24, 2.45) is 5.16 Å². The maximum Gasteiger partial charge on any atom is 0.460 e. The second-order valence-corrected chi connectivity index (χ2v) is 7.54. The van der Waals surface area contributed by atoms with Crippen molar-refractivity contribution in [2.45, 2.75) is 23.9 Å². The van der Waals surface area contributed by atoms with Gasteiger partial charge >= 0.3 is 29.9 Å². The van der Waals surface area contributed by atoms with Crippen LogP contribution in [0.3, 0.4) is 0 Å². The third-order valence-corrected chi connectivity index (χ3v) is 5.24. The molecule has 0 radical (unpaired) electrons. The van der Waals surface area contributed by atoms with Crippen LogP contribution in [0.5, 0.6) is 0 Å². The molecule has 0 bridgehead atoms. The number of carbonyl (C=O) groups is 1. The van der Waals surface area contributed by atoms with Gasteiger partial charge in [-0.2, -0.15) is 39.5 Å². The molecule has 1 N–H and O–H groups in total. The van der Waals surface area contributed by atoms with Crippen LogP contribution in [0.15, 0.2) is 35.5 Å². The zero-order valence-corrected chi connectivity index (χ0v) is 17.7. The Bertz CT molecular complexity index is 1390. The monoisotopic (exact) mass is 561 g/mol. The third-order valence-electron chi connectivity index (χ3n) is 5.24. The first kappa shape index (κ1) is 28.1. The van der Waals surface area contributed by atoms with Gasteiger partial charge in [0, 0.05) is 41.0 Å². The highest BCUT2D eigenvalue weighted by Crippen LogP contribution is 2.53. The van der Waals surface area contributed by atoms with Crippen molar-refractivity contribution < 1.29 is 64.1 Å². The van der Waals surface area contributed by atoms with Crippen LogP contribution in [0.2, 0.25) is 0 Å². The lowest BCUT2D eigenvalue weighted by atomic mass is 9.98. The molecule has 38 heavy (non-hydrogen) atoms. The number of nitro benzene ring substituents is 2. The first-order valence-corrected chi connectivity index (χ1v) is 9.50. The van der Waals surface area contributed by atoms with Crippen LogP contribution < -0.4 is 0 Å².